The summed E-state index contributed by atoms with van der Waals surface area (Å²) >= 11 is 0. The molecule has 0 aromatic heterocycles. The van der Waals surface area contributed by atoms with E-state index in [0.29, 0.717) is 12.5 Å². The van der Waals surface area contributed by atoms with Crippen LogP contribution in [0.2, 0.25) is 0 Å². The Morgan fingerprint density at radius 1 is 1.19 bits per heavy atom. The number of Topliss-reactive ketones (excluding diaryl/α,β-unsaturated/α-hetero) is 1. The van der Waals surface area contributed by atoms with Gasteiger partial charge in [0.1, 0.15) is 0 Å². The fourth-order valence-corrected chi connectivity index (χ4v) is 1.33. The van der Waals surface area contributed by atoms with Gasteiger partial charge in [-0.15, -0.1) is 0 Å². The molecule has 1 amide bonds. The van der Waals surface area contributed by atoms with Crippen LogP contribution in [0.25, 0.3) is 0 Å². The van der Waals surface area contributed by atoms with E-state index in [-0.39, 0.29) is 0 Å². The van der Waals surface area contributed by atoms with Crippen LogP contribution in [0, 0.1) is 0 Å². The zero-order valence-corrected chi connectivity index (χ0v) is 9.91. The second kappa shape index (κ2) is 5.45. The fourth-order valence-electron chi connectivity index (χ4n) is 1.33. The number of rotatable bonds is 4. The van der Waals surface area contributed by atoms with Crippen molar-refractivity contribution in [2.45, 2.75) is 33.2 Å². The number of hydrogen-bond donors (Lipinski definition) is 1. The van der Waals surface area contributed by atoms with Gasteiger partial charge in [-0.05, 0) is 17.0 Å². The molecule has 0 fully saturated rings. The maximum Gasteiger partial charge on any atom is 0.287 e. The molecule has 16 heavy (non-hydrogen) atoms. The second-order valence-electron chi connectivity index (χ2n) is 4.14. The highest BCUT2D eigenvalue weighted by molar-refractivity contribution is 6.35. The Kier molecular flexibility index (Phi) is 4.23. The van der Waals surface area contributed by atoms with Gasteiger partial charge in [0, 0.05) is 13.5 Å². The molecule has 1 N–H and O–H groups in total. The predicted octanol–water partition coefficient (Wildman–Crippen LogP) is 2.02. The third-order valence-electron chi connectivity index (χ3n) is 2.42. The van der Waals surface area contributed by atoms with E-state index in [2.05, 4.69) is 19.2 Å². The van der Waals surface area contributed by atoms with Crippen LogP contribution >= 0.6 is 0 Å². The Labute approximate surface area is 95.9 Å². The molecule has 3 nitrogen and oxygen atoms in total. The zero-order valence-electron chi connectivity index (χ0n) is 9.91. The Morgan fingerprint density at radius 3 is 2.19 bits per heavy atom. The number of ketones is 1. The fraction of sp³-hybridized carbons (Fsp3) is 0.385. The zero-order chi connectivity index (χ0) is 12.1. The molecular formula is C13H17NO2. The maximum absolute atomic E-state index is 11.0. The summed E-state index contributed by atoms with van der Waals surface area (Å²) in [7, 11) is 0. The highest BCUT2D eigenvalue weighted by Crippen LogP contribution is 2.14. The molecule has 1 aromatic rings. The van der Waals surface area contributed by atoms with Crippen molar-refractivity contribution in [3.63, 3.8) is 0 Å². The van der Waals surface area contributed by atoms with E-state index in [1.165, 1.54) is 12.5 Å². The van der Waals surface area contributed by atoms with Crippen molar-refractivity contribution in [1.82, 2.24) is 5.32 Å². The highest BCUT2D eigenvalue weighted by Gasteiger charge is 2.06. The number of amides is 1. The summed E-state index contributed by atoms with van der Waals surface area (Å²) < 4.78 is 0. The molecule has 0 aliphatic heterocycles. The van der Waals surface area contributed by atoms with Crippen molar-refractivity contribution in [2.75, 3.05) is 0 Å². The number of carbonyl (C=O) groups excluding carboxylic acids is 2. The molecule has 0 spiro atoms. The van der Waals surface area contributed by atoms with Crippen molar-refractivity contribution in [2.24, 2.45) is 0 Å². The molecule has 0 aliphatic rings. The van der Waals surface area contributed by atoms with E-state index >= 15 is 0 Å². The minimum Gasteiger partial charge on any atom is -0.345 e. The Morgan fingerprint density at radius 2 is 1.75 bits per heavy atom. The van der Waals surface area contributed by atoms with E-state index in [4.69, 9.17) is 0 Å². The lowest BCUT2D eigenvalue weighted by atomic mass is 10.0. The van der Waals surface area contributed by atoms with Gasteiger partial charge in [-0.2, -0.15) is 0 Å². The van der Waals surface area contributed by atoms with Gasteiger partial charge in [-0.3, -0.25) is 9.59 Å². The van der Waals surface area contributed by atoms with Crippen LogP contribution in [0.15, 0.2) is 24.3 Å². The van der Waals surface area contributed by atoms with Crippen LogP contribution in [-0.4, -0.2) is 11.7 Å². The molecule has 0 radical (unpaired) electrons. The molecule has 0 bridgehead atoms. The quantitative estimate of drug-likeness (QED) is 0.787. The van der Waals surface area contributed by atoms with Crippen LogP contribution in [-0.2, 0) is 16.1 Å². The second-order valence-corrected chi connectivity index (χ2v) is 4.14. The summed E-state index contributed by atoms with van der Waals surface area (Å²) in [6, 6.07) is 8.02. The Hall–Kier alpha value is -1.64. The first-order chi connectivity index (χ1) is 7.50. The first-order valence-electron chi connectivity index (χ1n) is 5.38. The number of hydrogen-bond acceptors (Lipinski definition) is 2. The van der Waals surface area contributed by atoms with Crippen LogP contribution in [0.5, 0.6) is 0 Å². The van der Waals surface area contributed by atoms with Crippen LogP contribution in [0.3, 0.4) is 0 Å². The van der Waals surface area contributed by atoms with E-state index in [1.807, 2.05) is 24.3 Å². The lowest BCUT2D eigenvalue weighted by molar-refractivity contribution is -0.136. The van der Waals surface area contributed by atoms with Crippen molar-refractivity contribution in [1.29, 1.82) is 0 Å². The molecule has 3 heteroatoms. The molecule has 1 aromatic carbocycles. The summed E-state index contributed by atoms with van der Waals surface area (Å²) in [6.45, 7) is 5.92. The summed E-state index contributed by atoms with van der Waals surface area (Å²) in [6.07, 6.45) is 0. The van der Waals surface area contributed by atoms with E-state index in [9.17, 15) is 9.59 Å². The van der Waals surface area contributed by atoms with Crippen molar-refractivity contribution >= 4 is 11.7 Å². The summed E-state index contributed by atoms with van der Waals surface area (Å²) in [4.78, 5) is 21.7. The third-order valence-corrected chi connectivity index (χ3v) is 2.42. The van der Waals surface area contributed by atoms with Crippen LogP contribution in [0.1, 0.15) is 37.8 Å². The SMILES string of the molecule is CC(=O)C(=O)NCc1ccc(C(C)C)cc1. The van der Waals surface area contributed by atoms with Crippen molar-refractivity contribution in [3.05, 3.63) is 35.4 Å². The van der Waals surface area contributed by atoms with Gasteiger partial charge in [-0.1, -0.05) is 38.1 Å². The summed E-state index contributed by atoms with van der Waals surface area (Å²) in [5.41, 5.74) is 2.26. The summed E-state index contributed by atoms with van der Waals surface area (Å²) in [5, 5.41) is 2.56. The van der Waals surface area contributed by atoms with E-state index in [1.54, 1.807) is 0 Å². The van der Waals surface area contributed by atoms with Crippen LogP contribution < -0.4 is 5.32 Å². The monoisotopic (exact) mass is 219 g/mol. The predicted molar refractivity (Wildman–Crippen MR) is 63.1 cm³/mol. The lowest BCUT2D eigenvalue weighted by Gasteiger charge is -2.07. The summed E-state index contributed by atoms with van der Waals surface area (Å²) in [5.74, 6) is -0.493. The van der Waals surface area contributed by atoms with Gasteiger partial charge in [0.15, 0.2) is 0 Å². The standard InChI is InChI=1S/C13H17NO2/c1-9(2)12-6-4-11(5-7-12)8-14-13(16)10(3)15/h4-7,9H,8H2,1-3H3,(H,14,16). The van der Waals surface area contributed by atoms with Gasteiger partial charge in [0.2, 0.25) is 5.78 Å². The normalized spacial score (nSPS) is 10.2. The number of nitrogens with one attached hydrogen (secondary N) is 1. The topological polar surface area (TPSA) is 46.2 Å². The maximum atomic E-state index is 11.0. The minimum absolute atomic E-state index is 0.400. The van der Waals surface area contributed by atoms with Crippen LogP contribution in [0.4, 0.5) is 0 Å². The lowest BCUT2D eigenvalue weighted by Crippen LogP contribution is -2.28. The molecule has 0 atom stereocenters. The molecule has 1 rings (SSSR count). The third kappa shape index (κ3) is 3.50. The number of benzene rings is 1. The van der Waals surface area contributed by atoms with E-state index < -0.39 is 11.7 Å². The molecule has 0 unspecified atom stereocenters. The van der Waals surface area contributed by atoms with E-state index in [0.717, 1.165) is 5.56 Å². The van der Waals surface area contributed by atoms with Gasteiger partial charge < -0.3 is 5.32 Å². The Balaban J connectivity index is 2.56. The first-order valence-corrected chi connectivity index (χ1v) is 5.38. The molecule has 0 saturated carbocycles. The molecule has 0 aliphatic carbocycles. The minimum atomic E-state index is -0.534. The molecule has 0 heterocycles. The van der Waals surface area contributed by atoms with Gasteiger partial charge >= 0.3 is 0 Å². The van der Waals surface area contributed by atoms with Crippen molar-refractivity contribution < 1.29 is 9.59 Å². The average Bonchev–Trinajstić information content (AvgIpc) is 2.26. The Bertz CT molecular complexity index is 379. The molecule has 86 valence electrons. The average molecular weight is 219 g/mol. The highest BCUT2D eigenvalue weighted by atomic mass is 16.2. The largest absolute Gasteiger partial charge is 0.345 e. The molecule has 0 saturated heterocycles. The molecular weight excluding hydrogens is 202 g/mol. The van der Waals surface area contributed by atoms with Crippen molar-refractivity contribution in [3.8, 4) is 0 Å². The van der Waals surface area contributed by atoms with Gasteiger partial charge in [0.25, 0.3) is 5.91 Å². The number of carbonyl (C=O) groups is 2. The van der Waals surface area contributed by atoms with Gasteiger partial charge in [-0.25, -0.2) is 0 Å². The smallest absolute Gasteiger partial charge is 0.287 e. The van der Waals surface area contributed by atoms with Gasteiger partial charge in [0.05, 0.1) is 0 Å². The first kappa shape index (κ1) is 12.4.